The first-order valence-corrected chi connectivity index (χ1v) is 6.20. The maximum absolute atomic E-state index is 10.6. The van der Waals surface area contributed by atoms with Gasteiger partial charge in [-0.05, 0) is 30.4 Å². The van der Waals surface area contributed by atoms with Gasteiger partial charge in [0, 0.05) is 5.56 Å². The van der Waals surface area contributed by atoms with Crippen molar-refractivity contribution in [3.8, 4) is 11.5 Å². The van der Waals surface area contributed by atoms with Crippen molar-refractivity contribution in [3.63, 3.8) is 0 Å². The van der Waals surface area contributed by atoms with Crippen LogP contribution in [0.2, 0.25) is 0 Å². The fourth-order valence-corrected chi connectivity index (χ4v) is 2.62. The zero-order chi connectivity index (χ0) is 12.8. The van der Waals surface area contributed by atoms with Crippen LogP contribution in [0.5, 0.6) is 11.5 Å². The molecule has 1 aromatic rings. The molecule has 1 saturated carbocycles. The van der Waals surface area contributed by atoms with Gasteiger partial charge in [-0.2, -0.15) is 4.99 Å². The van der Waals surface area contributed by atoms with Crippen molar-refractivity contribution in [2.45, 2.75) is 38.1 Å². The van der Waals surface area contributed by atoms with Crippen molar-refractivity contribution in [2.24, 2.45) is 4.99 Å². The third-order valence-corrected chi connectivity index (χ3v) is 3.64. The van der Waals surface area contributed by atoms with Crippen LogP contribution in [-0.4, -0.2) is 12.9 Å². The van der Waals surface area contributed by atoms with Crippen LogP contribution in [0, 0.1) is 0 Å². The average Bonchev–Trinajstić information content (AvgIpc) is 2.97. The number of aliphatic imine (C=N–C) groups is 1. The van der Waals surface area contributed by atoms with Gasteiger partial charge >= 0.3 is 0 Å². The highest BCUT2D eigenvalue weighted by Gasteiger charge is 2.47. The molecule has 0 amide bonds. The summed E-state index contributed by atoms with van der Waals surface area (Å²) < 4.78 is 11.0. The Morgan fingerprint density at radius 2 is 2.11 bits per heavy atom. The molecular weight excluding hydrogens is 230 g/mol. The molecule has 94 valence electrons. The first-order valence-electron chi connectivity index (χ1n) is 6.20. The van der Waals surface area contributed by atoms with Crippen molar-refractivity contribution >= 4 is 6.08 Å². The Balaban J connectivity index is 2.18. The number of benzene rings is 1. The molecule has 4 heteroatoms. The topological polar surface area (TPSA) is 47.9 Å². The van der Waals surface area contributed by atoms with Gasteiger partial charge in [-0.15, -0.1) is 0 Å². The Hall–Kier alpha value is -1.80. The van der Waals surface area contributed by atoms with Gasteiger partial charge in [0.25, 0.3) is 0 Å². The summed E-state index contributed by atoms with van der Waals surface area (Å²) in [6.45, 7) is 4.49. The largest absolute Gasteiger partial charge is 0.454 e. The molecule has 2 aliphatic rings. The molecular formula is C14H15NO3. The van der Waals surface area contributed by atoms with E-state index in [0.29, 0.717) is 5.92 Å². The lowest BCUT2D eigenvalue weighted by Gasteiger charge is -2.19. The quantitative estimate of drug-likeness (QED) is 0.607. The molecule has 0 aromatic heterocycles. The van der Waals surface area contributed by atoms with Crippen LogP contribution in [0.3, 0.4) is 0 Å². The standard InChI is InChI=1S/C14H15NO3/c1-9(2)12-10(14(5-6-14)15-7-16)3-4-11-13(12)18-8-17-11/h3-4,9H,5-6,8H2,1-2H3. The second kappa shape index (κ2) is 3.85. The van der Waals surface area contributed by atoms with E-state index in [4.69, 9.17) is 9.47 Å². The smallest absolute Gasteiger partial charge is 0.235 e. The van der Waals surface area contributed by atoms with Crippen molar-refractivity contribution in [2.75, 3.05) is 6.79 Å². The number of ether oxygens (including phenoxy) is 2. The predicted octanol–water partition coefficient (Wildman–Crippen LogP) is 2.86. The lowest BCUT2D eigenvalue weighted by Crippen LogP contribution is -2.09. The minimum Gasteiger partial charge on any atom is -0.454 e. The molecule has 1 aromatic carbocycles. The highest BCUT2D eigenvalue weighted by molar-refractivity contribution is 5.57. The monoisotopic (exact) mass is 245 g/mol. The van der Waals surface area contributed by atoms with Gasteiger partial charge < -0.3 is 9.47 Å². The van der Waals surface area contributed by atoms with E-state index in [0.717, 1.165) is 35.5 Å². The fraction of sp³-hybridized carbons (Fsp3) is 0.500. The molecule has 1 aliphatic carbocycles. The molecule has 0 unspecified atom stereocenters. The van der Waals surface area contributed by atoms with Crippen LogP contribution >= 0.6 is 0 Å². The van der Waals surface area contributed by atoms with Gasteiger partial charge in [-0.3, -0.25) is 0 Å². The van der Waals surface area contributed by atoms with Crippen molar-refractivity contribution in [3.05, 3.63) is 23.3 Å². The number of isocyanates is 1. The number of nitrogens with zero attached hydrogens (tertiary/aromatic N) is 1. The van der Waals surface area contributed by atoms with Crippen LogP contribution in [0.1, 0.15) is 43.7 Å². The summed E-state index contributed by atoms with van der Waals surface area (Å²) in [6, 6.07) is 3.92. The van der Waals surface area contributed by atoms with Crippen LogP contribution in [0.4, 0.5) is 0 Å². The molecule has 4 nitrogen and oxygen atoms in total. The Morgan fingerprint density at radius 3 is 2.72 bits per heavy atom. The summed E-state index contributed by atoms with van der Waals surface area (Å²) in [4.78, 5) is 14.6. The third-order valence-electron chi connectivity index (χ3n) is 3.64. The van der Waals surface area contributed by atoms with E-state index in [2.05, 4.69) is 18.8 Å². The van der Waals surface area contributed by atoms with Gasteiger partial charge in [0.1, 0.15) is 0 Å². The number of hydrogen-bond acceptors (Lipinski definition) is 4. The summed E-state index contributed by atoms with van der Waals surface area (Å²) in [5.74, 6) is 1.90. The van der Waals surface area contributed by atoms with Crippen LogP contribution < -0.4 is 9.47 Å². The van der Waals surface area contributed by atoms with Crippen molar-refractivity contribution in [1.82, 2.24) is 0 Å². The average molecular weight is 245 g/mol. The lowest BCUT2D eigenvalue weighted by atomic mass is 9.90. The third kappa shape index (κ3) is 1.53. The number of fused-ring (bicyclic) bond motifs is 1. The van der Waals surface area contributed by atoms with E-state index < -0.39 is 0 Å². The first kappa shape index (κ1) is 11.3. The van der Waals surface area contributed by atoms with Crippen LogP contribution in [-0.2, 0) is 10.3 Å². The van der Waals surface area contributed by atoms with E-state index in [-0.39, 0.29) is 12.3 Å². The van der Waals surface area contributed by atoms with Gasteiger partial charge in [0.05, 0.1) is 5.54 Å². The molecule has 0 N–H and O–H groups in total. The Labute approximate surface area is 106 Å². The van der Waals surface area contributed by atoms with Crippen molar-refractivity contribution in [1.29, 1.82) is 0 Å². The lowest BCUT2D eigenvalue weighted by molar-refractivity contribution is 0.173. The molecule has 1 fully saturated rings. The van der Waals surface area contributed by atoms with Crippen molar-refractivity contribution < 1.29 is 14.3 Å². The first-order chi connectivity index (χ1) is 8.68. The van der Waals surface area contributed by atoms with E-state index in [9.17, 15) is 4.79 Å². The van der Waals surface area contributed by atoms with Crippen LogP contribution in [0.25, 0.3) is 0 Å². The molecule has 1 heterocycles. The van der Waals surface area contributed by atoms with E-state index in [1.54, 1.807) is 6.08 Å². The summed E-state index contributed by atoms with van der Waals surface area (Å²) >= 11 is 0. The minimum atomic E-state index is -0.359. The molecule has 0 bridgehead atoms. The number of rotatable bonds is 3. The van der Waals surface area contributed by atoms with Gasteiger partial charge in [0.2, 0.25) is 12.9 Å². The molecule has 3 rings (SSSR count). The zero-order valence-corrected chi connectivity index (χ0v) is 10.5. The SMILES string of the molecule is CC(C)c1c(C2(N=C=O)CC2)ccc2c1OCO2. The fourth-order valence-electron chi connectivity index (χ4n) is 2.62. The normalized spacial score (nSPS) is 18.6. The molecule has 0 saturated heterocycles. The van der Waals surface area contributed by atoms with Gasteiger partial charge in [0.15, 0.2) is 11.5 Å². The van der Waals surface area contributed by atoms with E-state index in [1.165, 1.54) is 0 Å². The predicted molar refractivity (Wildman–Crippen MR) is 65.7 cm³/mol. The summed E-state index contributed by atoms with van der Waals surface area (Å²) in [7, 11) is 0. The molecule has 18 heavy (non-hydrogen) atoms. The number of hydrogen-bond donors (Lipinski definition) is 0. The number of carbonyl (C=O) groups excluding carboxylic acids is 1. The molecule has 1 aliphatic heterocycles. The summed E-state index contributed by atoms with van der Waals surface area (Å²) in [6.07, 6.45) is 3.51. The highest BCUT2D eigenvalue weighted by atomic mass is 16.7. The van der Waals surface area contributed by atoms with Crippen LogP contribution in [0.15, 0.2) is 17.1 Å². The second-order valence-electron chi connectivity index (χ2n) is 5.15. The molecule has 0 radical (unpaired) electrons. The van der Waals surface area contributed by atoms with Gasteiger partial charge in [-0.25, -0.2) is 4.79 Å². The zero-order valence-electron chi connectivity index (χ0n) is 10.5. The molecule has 0 spiro atoms. The van der Waals surface area contributed by atoms with E-state index >= 15 is 0 Å². The summed E-state index contributed by atoms with van der Waals surface area (Å²) in [5, 5.41) is 0. The van der Waals surface area contributed by atoms with E-state index in [1.807, 2.05) is 12.1 Å². The maximum Gasteiger partial charge on any atom is 0.235 e. The Morgan fingerprint density at radius 1 is 1.33 bits per heavy atom. The Bertz CT molecular complexity index is 540. The maximum atomic E-state index is 10.6. The highest BCUT2D eigenvalue weighted by Crippen LogP contribution is 2.54. The van der Waals surface area contributed by atoms with Gasteiger partial charge in [-0.1, -0.05) is 19.9 Å². The summed E-state index contributed by atoms with van der Waals surface area (Å²) in [5.41, 5.74) is 1.84. The minimum absolute atomic E-state index is 0.266. The Kier molecular flexibility index (Phi) is 2.42. The second-order valence-corrected chi connectivity index (χ2v) is 5.15. The molecule has 0 atom stereocenters.